The zero-order valence-electron chi connectivity index (χ0n) is 14.8. The molecule has 1 aromatic heterocycles. The first-order valence-electron chi connectivity index (χ1n) is 8.93. The van der Waals surface area contributed by atoms with Crippen molar-refractivity contribution in [1.29, 1.82) is 0 Å². The van der Waals surface area contributed by atoms with Crippen molar-refractivity contribution >= 4 is 29.9 Å². The molecule has 0 aliphatic heterocycles. The number of ether oxygens (including phenoxy) is 1. The Hall–Kier alpha value is -0.760. The van der Waals surface area contributed by atoms with Crippen LogP contribution in [0.4, 0.5) is 0 Å². The van der Waals surface area contributed by atoms with Crippen LogP contribution in [0, 0.1) is 5.92 Å². The minimum Gasteiger partial charge on any atom is -0.467 e. The summed E-state index contributed by atoms with van der Waals surface area (Å²) < 4.78 is 10.8. The SMILES string of the molecule is CN=C(NCCCOCc1ccco1)NCCCC1CCCC1.I. The van der Waals surface area contributed by atoms with Gasteiger partial charge in [-0.25, -0.2) is 0 Å². The Morgan fingerprint density at radius 3 is 2.67 bits per heavy atom. The Bertz CT molecular complexity index is 431. The molecular weight excluding hydrogens is 417 g/mol. The van der Waals surface area contributed by atoms with Crippen molar-refractivity contribution in [2.24, 2.45) is 10.9 Å². The van der Waals surface area contributed by atoms with E-state index in [1.165, 1.54) is 38.5 Å². The summed E-state index contributed by atoms with van der Waals surface area (Å²) in [4.78, 5) is 4.25. The molecule has 0 saturated heterocycles. The van der Waals surface area contributed by atoms with E-state index in [1.54, 1.807) is 6.26 Å². The summed E-state index contributed by atoms with van der Waals surface area (Å²) in [5.74, 6) is 2.73. The van der Waals surface area contributed by atoms with E-state index in [2.05, 4.69) is 15.6 Å². The third-order valence-corrected chi connectivity index (χ3v) is 4.36. The van der Waals surface area contributed by atoms with Gasteiger partial charge in [0.05, 0.1) is 6.26 Å². The molecule has 0 bridgehead atoms. The highest BCUT2D eigenvalue weighted by molar-refractivity contribution is 14.0. The van der Waals surface area contributed by atoms with Gasteiger partial charge < -0.3 is 19.8 Å². The molecule has 1 aliphatic rings. The zero-order chi connectivity index (χ0) is 16.2. The molecule has 138 valence electrons. The third-order valence-electron chi connectivity index (χ3n) is 4.36. The molecule has 2 N–H and O–H groups in total. The normalized spacial score (nSPS) is 15.3. The number of hydrogen-bond donors (Lipinski definition) is 2. The molecule has 5 nitrogen and oxygen atoms in total. The Kier molecular flexibility index (Phi) is 12.0. The van der Waals surface area contributed by atoms with Crippen molar-refractivity contribution in [1.82, 2.24) is 10.6 Å². The molecule has 2 rings (SSSR count). The van der Waals surface area contributed by atoms with E-state index in [-0.39, 0.29) is 24.0 Å². The van der Waals surface area contributed by atoms with Crippen LogP contribution in [-0.4, -0.2) is 32.7 Å². The average Bonchev–Trinajstić information content (AvgIpc) is 3.26. The van der Waals surface area contributed by atoms with Crippen molar-refractivity contribution in [2.75, 3.05) is 26.7 Å². The molecule has 1 heterocycles. The maximum absolute atomic E-state index is 5.55. The van der Waals surface area contributed by atoms with E-state index in [4.69, 9.17) is 9.15 Å². The zero-order valence-corrected chi connectivity index (χ0v) is 17.1. The van der Waals surface area contributed by atoms with Crippen LogP contribution in [0.1, 0.15) is 50.7 Å². The largest absolute Gasteiger partial charge is 0.467 e. The van der Waals surface area contributed by atoms with Crippen LogP contribution < -0.4 is 10.6 Å². The molecule has 1 fully saturated rings. The van der Waals surface area contributed by atoms with E-state index in [0.29, 0.717) is 13.2 Å². The first-order chi connectivity index (χ1) is 11.4. The molecule has 1 saturated carbocycles. The van der Waals surface area contributed by atoms with E-state index < -0.39 is 0 Å². The number of aliphatic imine (C=N–C) groups is 1. The van der Waals surface area contributed by atoms with Crippen LogP contribution in [0.25, 0.3) is 0 Å². The Labute approximate surface area is 163 Å². The smallest absolute Gasteiger partial charge is 0.190 e. The molecule has 0 aromatic carbocycles. The number of halogens is 1. The lowest BCUT2D eigenvalue weighted by atomic mass is 10.0. The fourth-order valence-corrected chi connectivity index (χ4v) is 3.07. The van der Waals surface area contributed by atoms with Crippen LogP contribution in [0.15, 0.2) is 27.8 Å². The molecular formula is C18H32IN3O2. The number of nitrogens with one attached hydrogen (secondary N) is 2. The van der Waals surface area contributed by atoms with Gasteiger partial charge in [-0.05, 0) is 37.3 Å². The quantitative estimate of drug-likeness (QED) is 0.246. The van der Waals surface area contributed by atoms with Gasteiger partial charge in [-0.2, -0.15) is 0 Å². The van der Waals surface area contributed by atoms with Gasteiger partial charge in [0.15, 0.2) is 5.96 Å². The summed E-state index contributed by atoms with van der Waals surface area (Å²) >= 11 is 0. The monoisotopic (exact) mass is 449 g/mol. The minimum absolute atomic E-state index is 0. The van der Waals surface area contributed by atoms with Crippen molar-refractivity contribution in [3.63, 3.8) is 0 Å². The van der Waals surface area contributed by atoms with Gasteiger partial charge in [0, 0.05) is 26.7 Å². The summed E-state index contributed by atoms with van der Waals surface area (Å²) in [7, 11) is 1.82. The van der Waals surface area contributed by atoms with Crippen molar-refractivity contribution in [3.05, 3.63) is 24.2 Å². The number of rotatable bonds is 10. The summed E-state index contributed by atoms with van der Waals surface area (Å²) in [6.07, 6.45) is 10.9. The number of hydrogen-bond acceptors (Lipinski definition) is 3. The average molecular weight is 449 g/mol. The second-order valence-corrected chi connectivity index (χ2v) is 6.20. The van der Waals surface area contributed by atoms with Crippen LogP contribution in [0.5, 0.6) is 0 Å². The summed E-state index contributed by atoms with van der Waals surface area (Å²) in [5, 5.41) is 6.72. The maximum atomic E-state index is 5.55. The standard InChI is InChI=1S/C18H31N3O2.HI/c1-19-18(20-11-4-9-16-7-2-3-8-16)21-12-6-13-22-15-17-10-5-14-23-17;/h5,10,14,16H,2-4,6-9,11-13,15H2,1H3,(H2,19,20,21);1H. The van der Waals surface area contributed by atoms with Gasteiger partial charge in [0.25, 0.3) is 0 Å². The van der Waals surface area contributed by atoms with E-state index in [1.807, 2.05) is 19.2 Å². The number of nitrogens with zero attached hydrogens (tertiary/aromatic N) is 1. The molecule has 24 heavy (non-hydrogen) atoms. The first-order valence-corrected chi connectivity index (χ1v) is 8.93. The van der Waals surface area contributed by atoms with Crippen molar-refractivity contribution in [2.45, 2.75) is 51.6 Å². The maximum Gasteiger partial charge on any atom is 0.190 e. The lowest BCUT2D eigenvalue weighted by Gasteiger charge is -2.13. The van der Waals surface area contributed by atoms with Gasteiger partial charge in [-0.1, -0.05) is 25.7 Å². The molecule has 0 atom stereocenters. The van der Waals surface area contributed by atoms with Crippen molar-refractivity contribution < 1.29 is 9.15 Å². The molecule has 6 heteroatoms. The van der Waals surface area contributed by atoms with Crippen molar-refractivity contribution in [3.8, 4) is 0 Å². The Morgan fingerprint density at radius 1 is 1.25 bits per heavy atom. The lowest BCUT2D eigenvalue weighted by molar-refractivity contribution is 0.105. The van der Waals surface area contributed by atoms with Crippen LogP contribution in [-0.2, 0) is 11.3 Å². The van der Waals surface area contributed by atoms with Crippen LogP contribution in [0.3, 0.4) is 0 Å². The summed E-state index contributed by atoms with van der Waals surface area (Å²) in [6, 6.07) is 3.80. The van der Waals surface area contributed by atoms with Gasteiger partial charge in [-0.15, -0.1) is 24.0 Å². The van der Waals surface area contributed by atoms with Gasteiger partial charge in [-0.3, -0.25) is 4.99 Å². The second kappa shape index (κ2) is 13.5. The molecule has 1 aromatic rings. The van der Waals surface area contributed by atoms with Crippen LogP contribution in [0.2, 0.25) is 0 Å². The highest BCUT2D eigenvalue weighted by Gasteiger charge is 2.13. The van der Waals surface area contributed by atoms with E-state index >= 15 is 0 Å². The van der Waals surface area contributed by atoms with Crippen LogP contribution >= 0.6 is 24.0 Å². The summed E-state index contributed by atoms with van der Waals surface area (Å²) in [6.45, 7) is 3.12. The molecule has 0 spiro atoms. The predicted molar refractivity (Wildman–Crippen MR) is 109 cm³/mol. The van der Waals surface area contributed by atoms with E-state index in [9.17, 15) is 0 Å². The molecule has 0 radical (unpaired) electrons. The second-order valence-electron chi connectivity index (χ2n) is 6.20. The first kappa shape index (κ1) is 21.3. The Balaban J connectivity index is 0.00000288. The third kappa shape index (κ3) is 8.92. The Morgan fingerprint density at radius 2 is 2.00 bits per heavy atom. The van der Waals surface area contributed by atoms with Gasteiger partial charge in [0.1, 0.15) is 12.4 Å². The lowest BCUT2D eigenvalue weighted by Crippen LogP contribution is -2.38. The summed E-state index contributed by atoms with van der Waals surface area (Å²) in [5.41, 5.74) is 0. The molecule has 0 amide bonds. The fourth-order valence-electron chi connectivity index (χ4n) is 3.07. The number of guanidine groups is 1. The van der Waals surface area contributed by atoms with Gasteiger partial charge in [0.2, 0.25) is 0 Å². The van der Waals surface area contributed by atoms with Gasteiger partial charge >= 0.3 is 0 Å². The highest BCUT2D eigenvalue weighted by atomic mass is 127. The topological polar surface area (TPSA) is 58.8 Å². The fraction of sp³-hybridized carbons (Fsp3) is 0.722. The molecule has 0 unspecified atom stereocenters. The minimum atomic E-state index is 0. The highest BCUT2D eigenvalue weighted by Crippen LogP contribution is 2.28. The predicted octanol–water partition coefficient (Wildman–Crippen LogP) is 3.94. The van der Waals surface area contributed by atoms with E-state index in [0.717, 1.165) is 37.1 Å². The molecule has 1 aliphatic carbocycles. The number of furan rings is 1.